The molecule has 222 valence electrons. The predicted molar refractivity (Wildman–Crippen MR) is 161 cm³/mol. The third-order valence-electron chi connectivity index (χ3n) is 9.28. The highest BCUT2D eigenvalue weighted by molar-refractivity contribution is 5.73. The summed E-state index contributed by atoms with van der Waals surface area (Å²) in [4.78, 5) is 13.2. The van der Waals surface area contributed by atoms with Crippen LogP contribution in [0.1, 0.15) is 65.7 Å². The first-order valence-electron chi connectivity index (χ1n) is 15.2. The van der Waals surface area contributed by atoms with Crippen molar-refractivity contribution in [3.05, 3.63) is 106 Å². The third kappa shape index (κ3) is 5.49. The van der Waals surface area contributed by atoms with Gasteiger partial charge in [0, 0.05) is 12.0 Å². The first-order valence-corrected chi connectivity index (χ1v) is 15.2. The summed E-state index contributed by atoms with van der Waals surface area (Å²) >= 11 is 0. The van der Waals surface area contributed by atoms with Crippen molar-refractivity contribution in [1.29, 1.82) is 0 Å². The van der Waals surface area contributed by atoms with E-state index in [0.717, 1.165) is 57.0 Å². The van der Waals surface area contributed by atoms with Gasteiger partial charge in [-0.1, -0.05) is 36.4 Å². The summed E-state index contributed by atoms with van der Waals surface area (Å²) in [7, 11) is 2.09. The number of hydrogen-bond donors (Lipinski definition) is 0. The molecule has 4 aromatic rings. The lowest BCUT2D eigenvalue weighted by Crippen LogP contribution is -2.38. The van der Waals surface area contributed by atoms with Crippen molar-refractivity contribution < 1.29 is 17.9 Å². The van der Waals surface area contributed by atoms with E-state index in [1.165, 1.54) is 23.3 Å². The maximum atomic E-state index is 15.5. The van der Waals surface area contributed by atoms with Gasteiger partial charge in [0.15, 0.2) is 17.4 Å². The van der Waals surface area contributed by atoms with Gasteiger partial charge < -0.3 is 14.5 Å². The number of ether oxygens (including phenoxy) is 1. The second kappa shape index (κ2) is 11.6. The van der Waals surface area contributed by atoms with Crippen LogP contribution < -0.4 is 9.64 Å². The van der Waals surface area contributed by atoms with Gasteiger partial charge in [-0.25, -0.2) is 23.1 Å². The zero-order valence-electron chi connectivity index (χ0n) is 24.3. The number of piperidine rings is 1. The molecule has 8 heteroatoms. The molecule has 7 rings (SSSR count). The van der Waals surface area contributed by atoms with E-state index in [9.17, 15) is 0 Å². The molecule has 5 nitrogen and oxygen atoms in total. The number of halogens is 3. The van der Waals surface area contributed by atoms with Gasteiger partial charge in [0.25, 0.3) is 0 Å². The Balaban J connectivity index is 1.18. The fraction of sp³-hybridized carbons (Fsp3) is 0.371. The summed E-state index contributed by atoms with van der Waals surface area (Å²) in [6, 6.07) is 16.8. The summed E-state index contributed by atoms with van der Waals surface area (Å²) in [6.07, 6.45) is 6.23. The van der Waals surface area contributed by atoms with Gasteiger partial charge in [-0.15, -0.1) is 0 Å². The monoisotopic (exact) mass is 584 g/mol. The fourth-order valence-electron chi connectivity index (χ4n) is 7.02. The van der Waals surface area contributed by atoms with Crippen molar-refractivity contribution >= 4 is 5.69 Å². The van der Waals surface area contributed by atoms with Crippen LogP contribution in [0.4, 0.5) is 18.9 Å². The minimum atomic E-state index is -0.641. The number of hydrogen-bond acceptors (Lipinski definition) is 5. The van der Waals surface area contributed by atoms with Crippen molar-refractivity contribution in [1.82, 2.24) is 14.9 Å². The quantitative estimate of drug-likeness (QED) is 0.248. The summed E-state index contributed by atoms with van der Waals surface area (Å²) in [5.74, 6) is -0.673. The van der Waals surface area contributed by atoms with Crippen molar-refractivity contribution in [2.24, 2.45) is 0 Å². The van der Waals surface area contributed by atoms with E-state index in [1.807, 2.05) is 18.2 Å². The molecule has 3 heterocycles. The van der Waals surface area contributed by atoms with E-state index in [4.69, 9.17) is 4.74 Å². The van der Waals surface area contributed by atoms with E-state index in [0.29, 0.717) is 35.8 Å². The fourth-order valence-corrected chi connectivity index (χ4v) is 7.02. The molecular weight excluding hydrogens is 549 g/mol. The van der Waals surface area contributed by atoms with Crippen LogP contribution in [0.2, 0.25) is 0 Å². The molecule has 0 amide bonds. The zero-order chi connectivity index (χ0) is 29.5. The van der Waals surface area contributed by atoms with Gasteiger partial charge in [0.1, 0.15) is 23.9 Å². The van der Waals surface area contributed by atoms with Crippen LogP contribution in [-0.4, -0.2) is 48.2 Å². The van der Waals surface area contributed by atoms with E-state index in [-0.39, 0.29) is 35.6 Å². The van der Waals surface area contributed by atoms with E-state index in [2.05, 4.69) is 45.0 Å². The predicted octanol–water partition coefficient (Wildman–Crippen LogP) is 7.24. The average Bonchev–Trinajstić information content (AvgIpc) is 3.02. The lowest BCUT2D eigenvalue weighted by atomic mass is 9.86. The van der Waals surface area contributed by atoms with Crippen molar-refractivity contribution in [3.63, 3.8) is 0 Å². The Kier molecular flexibility index (Phi) is 7.55. The number of benzene rings is 3. The summed E-state index contributed by atoms with van der Waals surface area (Å²) < 4.78 is 51.7. The average molecular weight is 585 g/mol. The molecule has 1 saturated heterocycles. The van der Waals surface area contributed by atoms with Gasteiger partial charge in [-0.05, 0) is 98.6 Å². The number of aromatic nitrogens is 2. The van der Waals surface area contributed by atoms with Crippen LogP contribution in [0.25, 0.3) is 11.3 Å². The molecule has 1 aliphatic carbocycles. The van der Waals surface area contributed by atoms with Crippen LogP contribution in [-0.2, 0) is 12.8 Å². The van der Waals surface area contributed by atoms with Crippen LogP contribution in [0.5, 0.6) is 5.75 Å². The molecule has 1 aromatic heterocycles. The molecular formula is C35H35F3N4O. The number of aryl methyl sites for hydroxylation is 1. The highest BCUT2D eigenvalue weighted by Gasteiger charge is 2.32. The largest absolute Gasteiger partial charge is 0.486 e. The van der Waals surface area contributed by atoms with Gasteiger partial charge in [0.05, 0.1) is 24.5 Å². The molecule has 0 N–H and O–H groups in total. The summed E-state index contributed by atoms with van der Waals surface area (Å²) in [6.45, 7) is 2.89. The van der Waals surface area contributed by atoms with Crippen LogP contribution >= 0.6 is 0 Å². The first kappa shape index (κ1) is 27.9. The Morgan fingerprint density at radius 3 is 2.56 bits per heavy atom. The number of anilines is 1. The molecule has 3 aromatic carbocycles. The molecule has 0 saturated carbocycles. The Morgan fingerprint density at radius 2 is 1.72 bits per heavy atom. The second-order valence-corrected chi connectivity index (χ2v) is 12.0. The molecule has 2 aliphatic heterocycles. The highest BCUT2D eigenvalue weighted by Crippen LogP contribution is 2.45. The minimum Gasteiger partial charge on any atom is -0.486 e. The number of nitrogens with zero attached hydrogens (tertiary/aromatic N) is 4. The normalized spacial score (nSPS) is 19.1. The SMILES string of the molecule is CN1CCC(c2ccc(Cc3ncc(F)c(-c4cc(F)c5c(c4)N(C4CCCc6ccccc64)CCO5)n3)cc2F)CC1. The molecule has 3 aliphatic rings. The second-order valence-electron chi connectivity index (χ2n) is 12.0. The van der Waals surface area contributed by atoms with Crippen LogP contribution in [0.3, 0.4) is 0 Å². The van der Waals surface area contributed by atoms with Gasteiger partial charge in [-0.3, -0.25) is 0 Å². The zero-order valence-corrected chi connectivity index (χ0v) is 24.3. The Labute approximate surface area is 250 Å². The van der Waals surface area contributed by atoms with Gasteiger partial charge in [-0.2, -0.15) is 0 Å². The molecule has 1 unspecified atom stereocenters. The summed E-state index contributed by atoms with van der Waals surface area (Å²) in [5, 5.41) is 0. The lowest BCUT2D eigenvalue weighted by Gasteiger charge is -2.40. The third-order valence-corrected chi connectivity index (χ3v) is 9.28. The number of likely N-dealkylation sites (tertiary alicyclic amines) is 1. The Hall–Kier alpha value is -3.91. The van der Waals surface area contributed by atoms with E-state index >= 15 is 13.2 Å². The van der Waals surface area contributed by atoms with Gasteiger partial charge >= 0.3 is 0 Å². The van der Waals surface area contributed by atoms with Crippen LogP contribution in [0.15, 0.2) is 60.8 Å². The maximum Gasteiger partial charge on any atom is 0.178 e. The Bertz CT molecular complexity index is 1650. The molecule has 0 spiro atoms. The van der Waals surface area contributed by atoms with Crippen molar-refractivity contribution in [3.8, 4) is 17.0 Å². The molecule has 1 atom stereocenters. The topological polar surface area (TPSA) is 41.5 Å². The Morgan fingerprint density at radius 1 is 0.884 bits per heavy atom. The van der Waals surface area contributed by atoms with Gasteiger partial charge in [0.2, 0.25) is 0 Å². The minimum absolute atomic E-state index is 0.0182. The lowest BCUT2D eigenvalue weighted by molar-refractivity contribution is 0.253. The number of rotatable bonds is 5. The maximum absolute atomic E-state index is 15.5. The smallest absolute Gasteiger partial charge is 0.178 e. The molecule has 0 bridgehead atoms. The standard InChI is InChI=1S/C35H35F3N4O/c1-41-13-11-24(12-14-41)26-10-9-22(17-28(26)36)18-33-39-21-30(38)34(40-33)25-19-29(37)35-32(20-25)42(15-16-43-35)31-8-4-6-23-5-2-3-7-27(23)31/h2-3,5,7,9-10,17,19-21,24,31H,4,6,8,11-16,18H2,1H3. The van der Waals surface area contributed by atoms with E-state index < -0.39 is 11.6 Å². The van der Waals surface area contributed by atoms with Crippen LogP contribution in [0, 0.1) is 17.5 Å². The van der Waals surface area contributed by atoms with E-state index in [1.54, 1.807) is 6.07 Å². The summed E-state index contributed by atoms with van der Waals surface area (Å²) in [5.41, 5.74) is 4.95. The molecule has 0 radical (unpaired) electrons. The molecule has 1 fully saturated rings. The van der Waals surface area contributed by atoms with Crippen molar-refractivity contribution in [2.45, 2.75) is 50.5 Å². The number of fused-ring (bicyclic) bond motifs is 2. The first-order chi connectivity index (χ1) is 20.9. The molecule has 43 heavy (non-hydrogen) atoms. The highest BCUT2D eigenvalue weighted by atomic mass is 19.1. The van der Waals surface area contributed by atoms with Crippen molar-refractivity contribution in [2.75, 3.05) is 38.2 Å².